The quantitative estimate of drug-likeness (QED) is 0.879. The third kappa shape index (κ3) is 3.57. The lowest BCUT2D eigenvalue weighted by Crippen LogP contribution is -2.45. The number of hydrogen-bond donors (Lipinski definition) is 2. The van der Waals surface area contributed by atoms with Crippen LogP contribution < -0.4 is 11.1 Å². The fourth-order valence-electron chi connectivity index (χ4n) is 2.36. The highest BCUT2D eigenvalue weighted by Crippen LogP contribution is 2.16. The first-order valence-corrected chi connectivity index (χ1v) is 7.05. The Labute approximate surface area is 119 Å². The highest BCUT2D eigenvalue weighted by Gasteiger charge is 2.22. The van der Waals surface area contributed by atoms with Gasteiger partial charge < -0.3 is 16.0 Å². The normalized spacial score (nSPS) is 18.7. The van der Waals surface area contributed by atoms with Gasteiger partial charge in [0.1, 0.15) is 0 Å². The van der Waals surface area contributed by atoms with Crippen LogP contribution in [0.2, 0.25) is 0 Å². The molecule has 5 heteroatoms. The van der Waals surface area contributed by atoms with Gasteiger partial charge in [0.05, 0.1) is 0 Å². The third-order valence-corrected chi connectivity index (χ3v) is 3.46. The molecular formula is C15H21N3O2. The maximum absolute atomic E-state index is 12.4. The molecule has 1 aromatic carbocycles. The summed E-state index contributed by atoms with van der Waals surface area (Å²) in [5.74, 6) is -0.0812. The van der Waals surface area contributed by atoms with Gasteiger partial charge in [0.2, 0.25) is 5.91 Å². The van der Waals surface area contributed by atoms with Crippen molar-refractivity contribution in [3.8, 4) is 0 Å². The Morgan fingerprint density at radius 1 is 1.45 bits per heavy atom. The summed E-state index contributed by atoms with van der Waals surface area (Å²) in [6.07, 6.45) is 2.33. The van der Waals surface area contributed by atoms with Gasteiger partial charge in [-0.05, 0) is 31.0 Å². The number of benzene rings is 1. The number of hydrogen-bond acceptors (Lipinski definition) is 3. The number of nitrogens with zero attached hydrogens (tertiary/aromatic N) is 1. The summed E-state index contributed by atoms with van der Waals surface area (Å²) in [5.41, 5.74) is 7.15. The summed E-state index contributed by atoms with van der Waals surface area (Å²) in [6, 6.07) is 7.12. The first-order valence-electron chi connectivity index (χ1n) is 7.05. The van der Waals surface area contributed by atoms with E-state index in [9.17, 15) is 9.59 Å². The molecular weight excluding hydrogens is 254 g/mol. The minimum atomic E-state index is -0.0606. The molecule has 0 spiro atoms. The summed E-state index contributed by atoms with van der Waals surface area (Å²) in [4.78, 5) is 25.6. The first kappa shape index (κ1) is 14.5. The van der Waals surface area contributed by atoms with E-state index < -0.39 is 0 Å². The third-order valence-electron chi connectivity index (χ3n) is 3.46. The summed E-state index contributed by atoms with van der Waals surface area (Å²) in [7, 11) is 0. The zero-order chi connectivity index (χ0) is 14.5. The number of nitrogens with two attached hydrogens (primary N) is 1. The van der Waals surface area contributed by atoms with Crippen molar-refractivity contribution in [3.63, 3.8) is 0 Å². The smallest absolute Gasteiger partial charge is 0.253 e. The van der Waals surface area contributed by atoms with Crippen LogP contribution in [-0.4, -0.2) is 35.8 Å². The predicted molar refractivity (Wildman–Crippen MR) is 78.5 cm³/mol. The van der Waals surface area contributed by atoms with E-state index in [1.807, 2.05) is 0 Å². The van der Waals surface area contributed by atoms with Crippen molar-refractivity contribution in [1.29, 1.82) is 0 Å². The van der Waals surface area contributed by atoms with Crippen LogP contribution in [0.4, 0.5) is 5.69 Å². The Bertz CT molecular complexity index is 502. The molecule has 5 nitrogen and oxygen atoms in total. The second-order valence-electron chi connectivity index (χ2n) is 5.14. The van der Waals surface area contributed by atoms with Gasteiger partial charge in [-0.2, -0.15) is 0 Å². The standard InChI is InChI=1S/C15H21N3O2/c1-2-14(19)17-13-7-3-5-11(9-13)15(20)18-8-4-6-12(16)10-18/h3,5,7,9,12H,2,4,6,8,10,16H2,1H3,(H,17,19). The number of anilines is 1. The maximum Gasteiger partial charge on any atom is 0.253 e. The molecule has 1 fully saturated rings. The highest BCUT2D eigenvalue weighted by atomic mass is 16.2. The van der Waals surface area contributed by atoms with Gasteiger partial charge in [-0.1, -0.05) is 13.0 Å². The molecule has 1 saturated heterocycles. The molecule has 1 aromatic rings. The monoisotopic (exact) mass is 275 g/mol. The Balaban J connectivity index is 2.09. The molecule has 0 aromatic heterocycles. The molecule has 0 saturated carbocycles. The molecule has 0 aliphatic carbocycles. The lowest BCUT2D eigenvalue weighted by molar-refractivity contribution is -0.115. The van der Waals surface area contributed by atoms with Gasteiger partial charge in [0.15, 0.2) is 0 Å². The van der Waals surface area contributed by atoms with E-state index >= 15 is 0 Å². The lowest BCUT2D eigenvalue weighted by Gasteiger charge is -2.30. The average Bonchev–Trinajstić information content (AvgIpc) is 2.46. The topological polar surface area (TPSA) is 75.4 Å². The van der Waals surface area contributed by atoms with Crippen LogP contribution in [0, 0.1) is 0 Å². The van der Waals surface area contributed by atoms with Crippen molar-refractivity contribution in [2.45, 2.75) is 32.2 Å². The van der Waals surface area contributed by atoms with Gasteiger partial charge >= 0.3 is 0 Å². The summed E-state index contributed by atoms with van der Waals surface area (Å²) < 4.78 is 0. The summed E-state index contributed by atoms with van der Waals surface area (Å²) >= 11 is 0. The van der Waals surface area contributed by atoms with E-state index in [-0.39, 0.29) is 17.9 Å². The lowest BCUT2D eigenvalue weighted by atomic mass is 10.1. The molecule has 2 amide bonds. The molecule has 1 unspecified atom stereocenters. The van der Waals surface area contributed by atoms with Crippen LogP contribution in [0.1, 0.15) is 36.5 Å². The van der Waals surface area contributed by atoms with Gasteiger partial charge in [-0.15, -0.1) is 0 Å². The first-order chi connectivity index (χ1) is 9.60. The summed E-state index contributed by atoms with van der Waals surface area (Å²) in [5, 5.41) is 2.76. The molecule has 1 heterocycles. The molecule has 2 rings (SSSR count). The maximum atomic E-state index is 12.4. The fourth-order valence-corrected chi connectivity index (χ4v) is 2.36. The van der Waals surface area contributed by atoms with Gasteiger partial charge in [-0.25, -0.2) is 0 Å². The number of likely N-dealkylation sites (tertiary alicyclic amines) is 1. The Morgan fingerprint density at radius 3 is 2.95 bits per heavy atom. The molecule has 0 bridgehead atoms. The van der Waals surface area contributed by atoms with E-state index in [1.54, 1.807) is 36.1 Å². The number of nitrogens with one attached hydrogen (secondary N) is 1. The van der Waals surface area contributed by atoms with Crippen LogP contribution in [0.15, 0.2) is 24.3 Å². The molecule has 1 aliphatic rings. The van der Waals surface area contributed by atoms with E-state index in [0.29, 0.717) is 24.2 Å². The van der Waals surface area contributed by atoms with E-state index in [4.69, 9.17) is 5.73 Å². The molecule has 1 atom stereocenters. The SMILES string of the molecule is CCC(=O)Nc1cccc(C(=O)N2CCCC(N)C2)c1. The predicted octanol–water partition coefficient (Wildman–Crippen LogP) is 1.60. The summed E-state index contributed by atoms with van der Waals surface area (Å²) in [6.45, 7) is 3.14. The van der Waals surface area contributed by atoms with Crippen LogP contribution >= 0.6 is 0 Å². The minimum absolute atomic E-state index is 0.0206. The molecule has 3 N–H and O–H groups in total. The Morgan fingerprint density at radius 2 is 2.25 bits per heavy atom. The van der Waals surface area contributed by atoms with Crippen molar-refractivity contribution in [2.24, 2.45) is 5.73 Å². The fraction of sp³-hybridized carbons (Fsp3) is 0.467. The highest BCUT2D eigenvalue weighted by molar-refractivity contribution is 5.97. The van der Waals surface area contributed by atoms with Crippen molar-refractivity contribution < 1.29 is 9.59 Å². The van der Waals surface area contributed by atoms with Crippen LogP contribution in [0.5, 0.6) is 0 Å². The van der Waals surface area contributed by atoms with Gasteiger partial charge in [-0.3, -0.25) is 9.59 Å². The zero-order valence-electron chi connectivity index (χ0n) is 11.8. The van der Waals surface area contributed by atoms with Crippen LogP contribution in [0.25, 0.3) is 0 Å². The number of carbonyl (C=O) groups is 2. The minimum Gasteiger partial charge on any atom is -0.337 e. The number of rotatable bonds is 3. The Hall–Kier alpha value is -1.88. The van der Waals surface area contributed by atoms with Crippen LogP contribution in [0.3, 0.4) is 0 Å². The number of piperidine rings is 1. The molecule has 0 radical (unpaired) electrons. The van der Waals surface area contributed by atoms with Gasteiger partial charge in [0.25, 0.3) is 5.91 Å². The van der Waals surface area contributed by atoms with Crippen molar-refractivity contribution in [2.75, 3.05) is 18.4 Å². The number of carbonyl (C=O) groups excluding carboxylic acids is 2. The zero-order valence-corrected chi connectivity index (χ0v) is 11.8. The second kappa shape index (κ2) is 6.52. The largest absolute Gasteiger partial charge is 0.337 e. The molecule has 20 heavy (non-hydrogen) atoms. The Kier molecular flexibility index (Phi) is 4.74. The number of amides is 2. The van der Waals surface area contributed by atoms with E-state index in [2.05, 4.69) is 5.32 Å². The van der Waals surface area contributed by atoms with Crippen molar-refractivity contribution in [3.05, 3.63) is 29.8 Å². The van der Waals surface area contributed by atoms with Crippen molar-refractivity contribution in [1.82, 2.24) is 4.90 Å². The van der Waals surface area contributed by atoms with E-state index in [1.165, 1.54) is 0 Å². The molecule has 108 valence electrons. The molecule has 1 aliphatic heterocycles. The second-order valence-corrected chi connectivity index (χ2v) is 5.14. The van der Waals surface area contributed by atoms with Crippen molar-refractivity contribution >= 4 is 17.5 Å². The van der Waals surface area contributed by atoms with Crippen LogP contribution in [-0.2, 0) is 4.79 Å². The van der Waals surface area contributed by atoms with E-state index in [0.717, 1.165) is 19.4 Å². The average molecular weight is 275 g/mol. The van der Waals surface area contributed by atoms with Gasteiger partial charge in [0, 0.05) is 36.8 Å².